The third-order valence-corrected chi connectivity index (χ3v) is 9.76. The standard InChI is InChI=1S/C34H49N3O6/c1-7-12-13-14-22-42-32(41)28-27-30(39)37(24(6)23-38)29(34(27)20-19-33(28,9-3)43-34)31(40)36(21-8-2)26-17-15-25(16-18-26)35(10-4)11-5/h7-8,15-18,24,27-29,38H,1-2,9-14,19-23H2,3-6H3/t24-,27+,28+,29?,33-,34?/m1/s1. The molecule has 0 aliphatic carbocycles. The number of anilines is 2. The molecule has 3 fully saturated rings. The number of fused-ring (bicyclic) bond motifs is 1. The van der Waals surface area contributed by atoms with E-state index in [1.54, 1.807) is 17.9 Å². The molecule has 4 rings (SSSR count). The van der Waals surface area contributed by atoms with E-state index in [0.29, 0.717) is 31.4 Å². The van der Waals surface area contributed by atoms with E-state index in [2.05, 4.69) is 31.9 Å². The highest BCUT2D eigenvalue weighted by atomic mass is 16.6. The molecule has 3 heterocycles. The van der Waals surface area contributed by atoms with Crippen molar-refractivity contribution in [2.75, 3.05) is 42.6 Å². The molecular weight excluding hydrogens is 546 g/mol. The van der Waals surface area contributed by atoms with Gasteiger partial charge in [-0.05, 0) is 83.6 Å². The minimum absolute atomic E-state index is 0.228. The molecular formula is C34H49N3O6. The molecule has 1 aromatic carbocycles. The molecule has 9 heteroatoms. The lowest BCUT2D eigenvalue weighted by molar-refractivity contribution is -0.162. The fourth-order valence-corrected chi connectivity index (χ4v) is 7.54. The Bertz CT molecular complexity index is 1180. The van der Waals surface area contributed by atoms with Crippen molar-refractivity contribution >= 4 is 29.2 Å². The van der Waals surface area contributed by atoms with Crippen LogP contribution in [-0.2, 0) is 23.9 Å². The van der Waals surface area contributed by atoms with Gasteiger partial charge in [-0.3, -0.25) is 14.4 Å². The predicted octanol–water partition coefficient (Wildman–Crippen LogP) is 4.49. The van der Waals surface area contributed by atoms with E-state index in [1.165, 1.54) is 4.90 Å². The van der Waals surface area contributed by atoms with Crippen LogP contribution < -0.4 is 9.80 Å². The molecule has 1 spiro atoms. The van der Waals surface area contributed by atoms with Crippen molar-refractivity contribution in [2.24, 2.45) is 11.8 Å². The maximum atomic E-state index is 14.7. The highest BCUT2D eigenvalue weighted by molar-refractivity contribution is 6.05. The number of hydrogen-bond donors (Lipinski definition) is 1. The average Bonchev–Trinajstić information content (AvgIpc) is 3.63. The van der Waals surface area contributed by atoms with Crippen LogP contribution in [-0.4, -0.2) is 83.9 Å². The van der Waals surface area contributed by atoms with E-state index in [4.69, 9.17) is 9.47 Å². The Kier molecular flexibility index (Phi) is 10.4. The molecule has 43 heavy (non-hydrogen) atoms. The van der Waals surface area contributed by atoms with E-state index >= 15 is 0 Å². The molecule has 0 aromatic heterocycles. The van der Waals surface area contributed by atoms with Gasteiger partial charge in [0.1, 0.15) is 17.6 Å². The number of likely N-dealkylation sites (tertiary alicyclic amines) is 1. The molecule has 2 bridgehead atoms. The summed E-state index contributed by atoms with van der Waals surface area (Å²) in [5, 5.41) is 10.2. The molecule has 9 nitrogen and oxygen atoms in total. The van der Waals surface area contributed by atoms with Crippen LogP contribution >= 0.6 is 0 Å². The summed E-state index contributed by atoms with van der Waals surface area (Å²) < 4.78 is 12.6. The molecule has 0 radical (unpaired) electrons. The fourth-order valence-electron chi connectivity index (χ4n) is 7.54. The molecule has 2 amide bonds. The maximum absolute atomic E-state index is 14.7. The number of nitrogens with zero attached hydrogens (tertiary/aromatic N) is 3. The van der Waals surface area contributed by atoms with Gasteiger partial charge < -0.3 is 29.3 Å². The Labute approximate surface area is 256 Å². The summed E-state index contributed by atoms with van der Waals surface area (Å²) >= 11 is 0. The first-order chi connectivity index (χ1) is 20.7. The van der Waals surface area contributed by atoms with Gasteiger partial charge in [0, 0.05) is 31.0 Å². The van der Waals surface area contributed by atoms with Crippen molar-refractivity contribution in [3.05, 3.63) is 49.6 Å². The van der Waals surface area contributed by atoms with E-state index in [-0.39, 0.29) is 31.6 Å². The largest absolute Gasteiger partial charge is 0.465 e. The number of benzene rings is 1. The molecule has 1 N–H and O–H groups in total. The zero-order valence-corrected chi connectivity index (χ0v) is 26.3. The summed E-state index contributed by atoms with van der Waals surface area (Å²) in [6.07, 6.45) is 7.43. The van der Waals surface area contributed by atoms with Crippen LogP contribution in [0, 0.1) is 11.8 Å². The van der Waals surface area contributed by atoms with Gasteiger partial charge in [-0.1, -0.05) is 19.1 Å². The summed E-state index contributed by atoms with van der Waals surface area (Å²) in [5.41, 5.74) is -0.336. The Morgan fingerprint density at radius 2 is 1.79 bits per heavy atom. The van der Waals surface area contributed by atoms with Gasteiger partial charge in [0.15, 0.2) is 0 Å². The molecule has 3 aliphatic heterocycles. The average molecular weight is 596 g/mol. The third-order valence-electron chi connectivity index (χ3n) is 9.76. The normalized spacial score (nSPS) is 28.0. The number of aliphatic hydroxyl groups is 1. The molecule has 3 saturated heterocycles. The second kappa shape index (κ2) is 13.6. The van der Waals surface area contributed by atoms with Gasteiger partial charge in [0.25, 0.3) is 5.91 Å². The van der Waals surface area contributed by atoms with Crippen molar-refractivity contribution in [1.29, 1.82) is 0 Å². The molecule has 0 saturated carbocycles. The van der Waals surface area contributed by atoms with Crippen LogP contribution in [0.3, 0.4) is 0 Å². The minimum Gasteiger partial charge on any atom is -0.465 e. The monoisotopic (exact) mass is 595 g/mol. The number of unbranched alkanes of at least 4 members (excludes halogenated alkanes) is 2. The van der Waals surface area contributed by atoms with Crippen molar-refractivity contribution in [3.8, 4) is 0 Å². The number of rotatable bonds is 16. The van der Waals surface area contributed by atoms with E-state index < -0.39 is 41.1 Å². The molecule has 6 atom stereocenters. The lowest BCUT2D eigenvalue weighted by Crippen LogP contribution is -2.58. The summed E-state index contributed by atoms with van der Waals surface area (Å²) in [6, 6.07) is 6.15. The van der Waals surface area contributed by atoms with E-state index in [1.807, 2.05) is 37.3 Å². The van der Waals surface area contributed by atoms with Crippen molar-refractivity contribution < 1.29 is 29.0 Å². The van der Waals surface area contributed by atoms with E-state index in [0.717, 1.165) is 31.6 Å². The van der Waals surface area contributed by atoms with Gasteiger partial charge in [-0.15, -0.1) is 13.2 Å². The van der Waals surface area contributed by atoms with Crippen LogP contribution in [0.5, 0.6) is 0 Å². The van der Waals surface area contributed by atoms with Gasteiger partial charge >= 0.3 is 5.97 Å². The number of esters is 1. The first-order valence-electron chi connectivity index (χ1n) is 15.9. The number of carbonyl (C=O) groups excluding carboxylic acids is 3. The van der Waals surface area contributed by atoms with Gasteiger partial charge in [0.2, 0.25) is 5.91 Å². The summed E-state index contributed by atoms with van der Waals surface area (Å²) in [5.74, 6) is -2.76. The van der Waals surface area contributed by atoms with Gasteiger partial charge in [0.05, 0.1) is 30.8 Å². The molecule has 236 valence electrons. The highest BCUT2D eigenvalue weighted by Gasteiger charge is 2.79. The van der Waals surface area contributed by atoms with Crippen LogP contribution in [0.25, 0.3) is 0 Å². The topological polar surface area (TPSA) is 99.6 Å². The zero-order valence-electron chi connectivity index (χ0n) is 26.3. The van der Waals surface area contributed by atoms with Crippen molar-refractivity contribution in [2.45, 2.75) is 89.5 Å². The number of amides is 2. The summed E-state index contributed by atoms with van der Waals surface area (Å²) in [4.78, 5) is 48.0. The molecule has 2 unspecified atom stereocenters. The molecule has 1 aromatic rings. The van der Waals surface area contributed by atoms with Crippen LogP contribution in [0.4, 0.5) is 11.4 Å². The van der Waals surface area contributed by atoms with Crippen LogP contribution in [0.1, 0.15) is 66.2 Å². The number of ether oxygens (including phenoxy) is 2. The minimum atomic E-state index is -1.19. The lowest BCUT2D eigenvalue weighted by atomic mass is 9.65. The van der Waals surface area contributed by atoms with E-state index in [9.17, 15) is 19.5 Å². The number of hydrogen-bond acceptors (Lipinski definition) is 7. The Hall–Kier alpha value is -3.17. The third kappa shape index (κ3) is 5.62. The quantitative estimate of drug-likeness (QED) is 0.171. The Morgan fingerprint density at radius 3 is 2.37 bits per heavy atom. The van der Waals surface area contributed by atoms with Gasteiger partial charge in [-0.25, -0.2) is 0 Å². The Balaban J connectivity index is 1.72. The van der Waals surface area contributed by atoms with Crippen molar-refractivity contribution in [1.82, 2.24) is 4.90 Å². The number of carbonyl (C=O) groups is 3. The lowest BCUT2D eigenvalue weighted by Gasteiger charge is -2.38. The first kappa shape index (κ1) is 32.7. The predicted molar refractivity (Wildman–Crippen MR) is 168 cm³/mol. The van der Waals surface area contributed by atoms with Crippen molar-refractivity contribution in [3.63, 3.8) is 0 Å². The number of allylic oxidation sites excluding steroid dienone is 1. The zero-order chi connectivity index (χ0) is 31.4. The summed E-state index contributed by atoms with van der Waals surface area (Å²) in [6.45, 7) is 17.4. The number of aliphatic hydroxyl groups excluding tert-OH is 1. The van der Waals surface area contributed by atoms with Crippen LogP contribution in [0.2, 0.25) is 0 Å². The molecule has 3 aliphatic rings. The smallest absolute Gasteiger partial charge is 0.312 e. The maximum Gasteiger partial charge on any atom is 0.312 e. The van der Waals surface area contributed by atoms with Crippen LogP contribution in [0.15, 0.2) is 49.6 Å². The second-order valence-corrected chi connectivity index (χ2v) is 12.0. The SMILES string of the molecule is C=CCCCCOC(=O)[C@@H]1[C@H]2C(=O)N([C@H](C)CO)C(C(=O)N(CC=C)c3ccc(N(CC)CC)cc3)C23CC[C@@]1(CC)O3. The second-order valence-electron chi connectivity index (χ2n) is 12.0. The van der Waals surface area contributed by atoms with Gasteiger partial charge in [-0.2, -0.15) is 0 Å². The highest BCUT2D eigenvalue weighted by Crippen LogP contribution is 2.64. The fraction of sp³-hybridized carbons (Fsp3) is 0.618. The Morgan fingerprint density at radius 1 is 1.12 bits per heavy atom. The summed E-state index contributed by atoms with van der Waals surface area (Å²) in [7, 11) is 0. The first-order valence-corrected chi connectivity index (χ1v) is 15.9.